The molecule has 18 heavy (non-hydrogen) atoms. The van der Waals surface area contributed by atoms with E-state index in [1.807, 2.05) is 6.07 Å². The Kier molecular flexibility index (Phi) is 5.62. The Labute approximate surface area is 113 Å². The van der Waals surface area contributed by atoms with E-state index >= 15 is 0 Å². The van der Waals surface area contributed by atoms with Crippen LogP contribution in [-0.4, -0.2) is 30.7 Å². The summed E-state index contributed by atoms with van der Waals surface area (Å²) in [5, 5.41) is 0. The summed E-state index contributed by atoms with van der Waals surface area (Å²) in [4.78, 5) is 1.33. The summed E-state index contributed by atoms with van der Waals surface area (Å²) in [5.74, 6) is 0. The number of halogens is 4. The molecule has 0 fully saturated rings. The van der Waals surface area contributed by atoms with E-state index in [0.717, 1.165) is 10.0 Å². The number of rotatable bonds is 5. The standard InChI is InChI=1S/C12H16BrF3N2/c1-2-18(8-12(14,15)16)11(7-17)9-5-3-4-6-10(9)13/h3-6,11H,2,7-8,17H2,1H3. The Balaban J connectivity index is 2.97. The molecule has 1 aromatic carbocycles. The van der Waals surface area contributed by atoms with Gasteiger partial charge in [-0.25, -0.2) is 0 Å². The summed E-state index contributed by atoms with van der Waals surface area (Å²) < 4.78 is 38.3. The SMILES string of the molecule is CCN(CC(F)(F)F)C(CN)c1ccccc1Br. The minimum absolute atomic E-state index is 0.145. The van der Waals surface area contributed by atoms with Gasteiger partial charge in [-0.15, -0.1) is 0 Å². The maximum atomic E-state index is 12.5. The Morgan fingerprint density at radius 2 is 1.94 bits per heavy atom. The molecule has 1 atom stereocenters. The monoisotopic (exact) mass is 324 g/mol. The van der Waals surface area contributed by atoms with Crippen LogP contribution in [0, 0.1) is 0 Å². The second kappa shape index (κ2) is 6.54. The van der Waals surface area contributed by atoms with Crippen LogP contribution in [0.5, 0.6) is 0 Å². The van der Waals surface area contributed by atoms with Crippen LogP contribution >= 0.6 is 15.9 Å². The lowest BCUT2D eigenvalue weighted by Gasteiger charge is -2.31. The first-order valence-corrected chi connectivity index (χ1v) is 6.43. The lowest BCUT2D eigenvalue weighted by molar-refractivity contribution is -0.150. The van der Waals surface area contributed by atoms with Crippen LogP contribution in [0.1, 0.15) is 18.5 Å². The highest BCUT2D eigenvalue weighted by molar-refractivity contribution is 9.10. The van der Waals surface area contributed by atoms with Gasteiger partial charge in [0.2, 0.25) is 0 Å². The van der Waals surface area contributed by atoms with Gasteiger partial charge in [0, 0.05) is 17.1 Å². The summed E-state index contributed by atoms with van der Waals surface area (Å²) in [6.07, 6.45) is -4.22. The average Bonchev–Trinajstić information content (AvgIpc) is 2.29. The molecule has 0 radical (unpaired) electrons. The van der Waals surface area contributed by atoms with Crippen LogP contribution in [0.4, 0.5) is 13.2 Å². The van der Waals surface area contributed by atoms with E-state index in [2.05, 4.69) is 15.9 Å². The van der Waals surface area contributed by atoms with E-state index in [-0.39, 0.29) is 6.54 Å². The molecule has 0 bridgehead atoms. The molecule has 0 aromatic heterocycles. The molecular weight excluding hydrogens is 309 g/mol. The van der Waals surface area contributed by atoms with E-state index in [4.69, 9.17) is 5.73 Å². The van der Waals surface area contributed by atoms with Gasteiger partial charge in [0.1, 0.15) is 0 Å². The zero-order chi connectivity index (χ0) is 13.8. The van der Waals surface area contributed by atoms with Crippen molar-refractivity contribution in [3.8, 4) is 0 Å². The van der Waals surface area contributed by atoms with Crippen molar-refractivity contribution in [3.63, 3.8) is 0 Å². The Bertz CT molecular complexity index is 382. The van der Waals surface area contributed by atoms with E-state index in [9.17, 15) is 13.2 Å². The second-order valence-corrected chi connectivity index (χ2v) is 4.81. The molecule has 0 saturated heterocycles. The minimum Gasteiger partial charge on any atom is -0.329 e. The maximum absolute atomic E-state index is 12.5. The van der Waals surface area contributed by atoms with Crippen LogP contribution in [-0.2, 0) is 0 Å². The van der Waals surface area contributed by atoms with Crippen LogP contribution < -0.4 is 5.73 Å². The van der Waals surface area contributed by atoms with E-state index in [1.165, 1.54) is 4.90 Å². The van der Waals surface area contributed by atoms with Crippen LogP contribution in [0.25, 0.3) is 0 Å². The number of hydrogen-bond donors (Lipinski definition) is 1. The summed E-state index contributed by atoms with van der Waals surface area (Å²) in [6.45, 7) is 1.19. The molecule has 0 heterocycles. The fourth-order valence-electron chi connectivity index (χ4n) is 1.89. The van der Waals surface area contributed by atoms with Gasteiger partial charge in [0.05, 0.1) is 6.54 Å². The predicted octanol–water partition coefficient (Wildman–Crippen LogP) is 3.33. The lowest BCUT2D eigenvalue weighted by atomic mass is 10.1. The van der Waals surface area contributed by atoms with Gasteiger partial charge in [0.25, 0.3) is 0 Å². The predicted molar refractivity (Wildman–Crippen MR) is 69.2 cm³/mol. The highest BCUT2D eigenvalue weighted by Crippen LogP contribution is 2.29. The summed E-state index contributed by atoms with van der Waals surface area (Å²) in [7, 11) is 0. The molecule has 0 aliphatic rings. The number of nitrogens with two attached hydrogens (primary N) is 1. The van der Waals surface area contributed by atoms with Crippen molar-refractivity contribution in [1.29, 1.82) is 0 Å². The van der Waals surface area contributed by atoms with Crippen molar-refractivity contribution in [2.75, 3.05) is 19.6 Å². The van der Waals surface area contributed by atoms with E-state index in [1.54, 1.807) is 25.1 Å². The van der Waals surface area contributed by atoms with Crippen molar-refractivity contribution < 1.29 is 13.2 Å². The molecule has 1 unspecified atom stereocenters. The van der Waals surface area contributed by atoms with Crippen molar-refractivity contribution in [2.24, 2.45) is 5.73 Å². The molecule has 1 aromatic rings. The number of benzene rings is 1. The van der Waals surface area contributed by atoms with Gasteiger partial charge in [-0.2, -0.15) is 13.2 Å². The third kappa shape index (κ3) is 4.26. The Hall–Kier alpha value is -0.590. The highest BCUT2D eigenvalue weighted by Gasteiger charge is 2.33. The normalized spacial score (nSPS) is 13.9. The molecule has 0 saturated carbocycles. The van der Waals surface area contributed by atoms with Crippen LogP contribution in [0.15, 0.2) is 28.7 Å². The fraction of sp³-hybridized carbons (Fsp3) is 0.500. The van der Waals surface area contributed by atoms with Crippen LogP contribution in [0.2, 0.25) is 0 Å². The van der Waals surface area contributed by atoms with Crippen molar-refractivity contribution in [1.82, 2.24) is 4.90 Å². The largest absolute Gasteiger partial charge is 0.401 e. The molecule has 0 aliphatic carbocycles. The van der Waals surface area contributed by atoms with Gasteiger partial charge in [0.15, 0.2) is 0 Å². The molecule has 2 nitrogen and oxygen atoms in total. The molecule has 0 spiro atoms. The summed E-state index contributed by atoms with van der Waals surface area (Å²) in [5.41, 5.74) is 6.42. The molecule has 2 N–H and O–H groups in total. The van der Waals surface area contributed by atoms with Crippen LogP contribution in [0.3, 0.4) is 0 Å². The fourth-order valence-corrected chi connectivity index (χ4v) is 2.44. The summed E-state index contributed by atoms with van der Waals surface area (Å²) in [6, 6.07) is 6.78. The van der Waals surface area contributed by atoms with Crippen molar-refractivity contribution in [3.05, 3.63) is 34.3 Å². The molecule has 0 amide bonds. The van der Waals surface area contributed by atoms with Gasteiger partial charge in [-0.05, 0) is 18.2 Å². The zero-order valence-electron chi connectivity index (χ0n) is 10.0. The topological polar surface area (TPSA) is 29.3 Å². The minimum atomic E-state index is -4.22. The highest BCUT2D eigenvalue weighted by atomic mass is 79.9. The van der Waals surface area contributed by atoms with E-state index in [0.29, 0.717) is 6.54 Å². The molecular formula is C12H16BrF3N2. The van der Waals surface area contributed by atoms with Crippen molar-refractivity contribution >= 4 is 15.9 Å². The van der Waals surface area contributed by atoms with Crippen molar-refractivity contribution in [2.45, 2.75) is 19.1 Å². The zero-order valence-corrected chi connectivity index (χ0v) is 11.6. The molecule has 102 valence electrons. The van der Waals surface area contributed by atoms with Gasteiger partial charge < -0.3 is 5.73 Å². The quantitative estimate of drug-likeness (QED) is 0.900. The first-order chi connectivity index (χ1) is 8.39. The number of nitrogens with zero attached hydrogens (tertiary/aromatic N) is 1. The van der Waals surface area contributed by atoms with E-state index < -0.39 is 18.8 Å². The lowest BCUT2D eigenvalue weighted by Crippen LogP contribution is -2.40. The second-order valence-electron chi connectivity index (χ2n) is 3.95. The first kappa shape index (κ1) is 15.5. The first-order valence-electron chi connectivity index (χ1n) is 5.64. The molecule has 1 rings (SSSR count). The number of likely N-dealkylation sites (N-methyl/N-ethyl adjacent to an activating group) is 1. The summed E-state index contributed by atoms with van der Waals surface area (Å²) >= 11 is 3.35. The Morgan fingerprint density at radius 3 is 2.39 bits per heavy atom. The maximum Gasteiger partial charge on any atom is 0.401 e. The third-order valence-electron chi connectivity index (χ3n) is 2.72. The smallest absolute Gasteiger partial charge is 0.329 e. The number of alkyl halides is 3. The molecule has 0 aliphatic heterocycles. The van der Waals surface area contributed by atoms with Gasteiger partial charge in [-0.3, -0.25) is 4.90 Å². The van der Waals surface area contributed by atoms with Gasteiger partial charge >= 0.3 is 6.18 Å². The number of hydrogen-bond acceptors (Lipinski definition) is 2. The average molecular weight is 325 g/mol. The van der Waals surface area contributed by atoms with Gasteiger partial charge in [-0.1, -0.05) is 41.1 Å². The Morgan fingerprint density at radius 1 is 1.33 bits per heavy atom. The molecule has 6 heteroatoms. The third-order valence-corrected chi connectivity index (χ3v) is 3.44.